The average molecular weight is 303 g/mol. The predicted molar refractivity (Wildman–Crippen MR) is 76.3 cm³/mol. The number of nitrogens with zero attached hydrogens (tertiary/aromatic N) is 3. The second-order valence-corrected chi connectivity index (χ2v) is 5.74. The van der Waals surface area contributed by atoms with E-state index in [1.165, 1.54) is 6.20 Å². The summed E-state index contributed by atoms with van der Waals surface area (Å²) in [5, 5.41) is 10.8. The first-order valence-electron chi connectivity index (χ1n) is 6.56. The largest absolute Gasteiger partial charge is 0.476 e. The maximum absolute atomic E-state index is 12.5. The molecule has 0 saturated carbocycles. The van der Waals surface area contributed by atoms with E-state index in [9.17, 15) is 9.59 Å². The van der Waals surface area contributed by atoms with Crippen molar-refractivity contribution < 1.29 is 14.7 Å². The summed E-state index contributed by atoms with van der Waals surface area (Å²) < 4.78 is 0. The molecule has 1 unspecified atom stereocenters. The summed E-state index contributed by atoms with van der Waals surface area (Å²) in [6.45, 7) is 0.684. The van der Waals surface area contributed by atoms with Gasteiger partial charge in [-0.1, -0.05) is 6.07 Å². The summed E-state index contributed by atoms with van der Waals surface area (Å²) in [6, 6.07) is 4.08. The van der Waals surface area contributed by atoms with Gasteiger partial charge in [-0.15, -0.1) is 11.3 Å². The predicted octanol–water partition coefficient (Wildman–Crippen LogP) is 2.21. The van der Waals surface area contributed by atoms with Crippen molar-refractivity contribution in [2.24, 2.45) is 0 Å². The molecule has 2 aromatic heterocycles. The van der Waals surface area contributed by atoms with Gasteiger partial charge in [-0.3, -0.25) is 4.79 Å². The molecule has 0 spiro atoms. The first kappa shape index (κ1) is 13.7. The molecule has 3 rings (SSSR count). The van der Waals surface area contributed by atoms with Gasteiger partial charge in [0.15, 0.2) is 5.69 Å². The van der Waals surface area contributed by atoms with Crippen LogP contribution in [0.3, 0.4) is 0 Å². The lowest BCUT2D eigenvalue weighted by molar-refractivity contribution is 0.0683. The number of carboxylic acids is 1. The molecule has 1 amide bonds. The van der Waals surface area contributed by atoms with Crippen molar-refractivity contribution in [2.45, 2.75) is 18.9 Å². The number of carbonyl (C=O) groups excluding carboxylic acids is 1. The highest BCUT2D eigenvalue weighted by molar-refractivity contribution is 7.10. The van der Waals surface area contributed by atoms with E-state index in [0.717, 1.165) is 23.9 Å². The van der Waals surface area contributed by atoms with Gasteiger partial charge in [0.2, 0.25) is 0 Å². The molecule has 0 radical (unpaired) electrons. The summed E-state index contributed by atoms with van der Waals surface area (Å²) in [7, 11) is 0. The molecule has 6 nitrogen and oxygen atoms in total. The van der Waals surface area contributed by atoms with Crippen LogP contribution in [0.25, 0.3) is 0 Å². The van der Waals surface area contributed by atoms with Crippen LogP contribution in [0.15, 0.2) is 29.9 Å². The molecular weight excluding hydrogens is 290 g/mol. The van der Waals surface area contributed by atoms with Gasteiger partial charge in [-0.25, -0.2) is 14.8 Å². The monoisotopic (exact) mass is 303 g/mol. The van der Waals surface area contributed by atoms with Gasteiger partial charge in [0.1, 0.15) is 5.69 Å². The van der Waals surface area contributed by atoms with Crippen molar-refractivity contribution in [3.8, 4) is 0 Å². The molecule has 1 fully saturated rings. The van der Waals surface area contributed by atoms with Crippen molar-refractivity contribution >= 4 is 23.2 Å². The maximum Gasteiger partial charge on any atom is 0.356 e. The summed E-state index contributed by atoms with van der Waals surface area (Å²) in [5.41, 5.74) is 0.0197. The SMILES string of the molecule is O=C(O)c1cnc(C(=O)N2CCCC2c2cccs2)cn1. The summed E-state index contributed by atoms with van der Waals surface area (Å²) in [4.78, 5) is 33.9. The second-order valence-electron chi connectivity index (χ2n) is 4.76. The molecule has 1 atom stereocenters. The molecule has 1 aliphatic rings. The van der Waals surface area contributed by atoms with Crippen molar-refractivity contribution in [3.63, 3.8) is 0 Å². The fraction of sp³-hybridized carbons (Fsp3) is 0.286. The number of likely N-dealkylation sites (tertiary alicyclic amines) is 1. The van der Waals surface area contributed by atoms with Crippen molar-refractivity contribution in [1.29, 1.82) is 0 Å². The van der Waals surface area contributed by atoms with Gasteiger partial charge in [-0.05, 0) is 24.3 Å². The molecule has 3 heterocycles. The Morgan fingerprint density at radius 3 is 2.67 bits per heavy atom. The first-order chi connectivity index (χ1) is 10.2. The summed E-state index contributed by atoms with van der Waals surface area (Å²) in [6.07, 6.45) is 4.24. The van der Waals surface area contributed by atoms with Gasteiger partial charge >= 0.3 is 5.97 Å². The Morgan fingerprint density at radius 1 is 1.29 bits per heavy atom. The van der Waals surface area contributed by atoms with E-state index in [2.05, 4.69) is 9.97 Å². The molecular formula is C14H13N3O3S. The molecule has 0 bridgehead atoms. The zero-order chi connectivity index (χ0) is 14.8. The van der Waals surface area contributed by atoms with Gasteiger partial charge < -0.3 is 10.0 Å². The lowest BCUT2D eigenvalue weighted by atomic mass is 10.2. The zero-order valence-corrected chi connectivity index (χ0v) is 11.9. The smallest absolute Gasteiger partial charge is 0.356 e. The van der Waals surface area contributed by atoms with Gasteiger partial charge in [0.25, 0.3) is 5.91 Å². The third kappa shape index (κ3) is 2.64. The number of carboxylic acid groups (broad SMARTS) is 1. The van der Waals surface area contributed by atoms with Crippen LogP contribution in [0.1, 0.15) is 44.7 Å². The fourth-order valence-corrected chi connectivity index (χ4v) is 3.36. The third-order valence-electron chi connectivity index (χ3n) is 3.48. The van der Waals surface area contributed by atoms with Crippen molar-refractivity contribution in [3.05, 3.63) is 46.2 Å². The Balaban J connectivity index is 1.82. The van der Waals surface area contributed by atoms with Crippen LogP contribution in [0.5, 0.6) is 0 Å². The number of carbonyl (C=O) groups is 2. The fourth-order valence-electron chi connectivity index (χ4n) is 2.48. The van der Waals surface area contributed by atoms with Crippen LogP contribution in [0.4, 0.5) is 0 Å². The molecule has 7 heteroatoms. The number of rotatable bonds is 3. The van der Waals surface area contributed by atoms with Crippen molar-refractivity contribution in [2.75, 3.05) is 6.54 Å². The number of amides is 1. The number of hydrogen-bond acceptors (Lipinski definition) is 5. The summed E-state index contributed by atoms with van der Waals surface area (Å²) >= 11 is 1.64. The van der Waals surface area contributed by atoms with E-state index in [0.29, 0.717) is 6.54 Å². The van der Waals surface area contributed by atoms with Crippen LogP contribution < -0.4 is 0 Å². The van der Waals surface area contributed by atoms with Crippen molar-refractivity contribution in [1.82, 2.24) is 14.9 Å². The number of aromatic carboxylic acids is 1. The Morgan fingerprint density at radius 2 is 2.05 bits per heavy atom. The molecule has 108 valence electrons. The molecule has 0 aromatic carbocycles. The van der Waals surface area contributed by atoms with E-state index in [4.69, 9.17) is 5.11 Å². The van der Waals surface area contributed by atoms with Crippen LogP contribution in [-0.2, 0) is 0 Å². The lowest BCUT2D eigenvalue weighted by Crippen LogP contribution is -2.31. The van der Waals surface area contributed by atoms with Crippen LogP contribution in [0.2, 0.25) is 0 Å². The van der Waals surface area contributed by atoms with E-state index in [-0.39, 0.29) is 23.3 Å². The third-order valence-corrected chi connectivity index (χ3v) is 4.45. The lowest BCUT2D eigenvalue weighted by Gasteiger charge is -2.23. The molecule has 21 heavy (non-hydrogen) atoms. The Labute approximate surface area is 125 Å². The van der Waals surface area contributed by atoms with Crippen LogP contribution >= 0.6 is 11.3 Å². The zero-order valence-electron chi connectivity index (χ0n) is 11.1. The first-order valence-corrected chi connectivity index (χ1v) is 7.44. The molecule has 1 saturated heterocycles. The normalized spacial score (nSPS) is 17.9. The van der Waals surface area contributed by atoms with Crippen LogP contribution in [-0.4, -0.2) is 38.4 Å². The number of aromatic nitrogens is 2. The molecule has 2 aromatic rings. The highest BCUT2D eigenvalue weighted by Gasteiger charge is 2.31. The van der Waals surface area contributed by atoms with Gasteiger partial charge in [-0.2, -0.15) is 0 Å². The van der Waals surface area contributed by atoms with E-state index in [1.807, 2.05) is 17.5 Å². The highest BCUT2D eigenvalue weighted by atomic mass is 32.1. The van der Waals surface area contributed by atoms with Crippen LogP contribution in [0, 0.1) is 0 Å². The molecule has 1 aliphatic heterocycles. The quantitative estimate of drug-likeness (QED) is 0.940. The minimum Gasteiger partial charge on any atom is -0.476 e. The van der Waals surface area contributed by atoms with Gasteiger partial charge in [0, 0.05) is 11.4 Å². The average Bonchev–Trinajstić information content (AvgIpc) is 3.17. The second kappa shape index (κ2) is 5.61. The number of hydrogen-bond donors (Lipinski definition) is 1. The Kier molecular flexibility index (Phi) is 3.66. The van der Waals surface area contributed by atoms with E-state index >= 15 is 0 Å². The Hall–Kier alpha value is -2.28. The van der Waals surface area contributed by atoms with E-state index < -0.39 is 5.97 Å². The summed E-state index contributed by atoms with van der Waals surface area (Å²) in [5.74, 6) is -1.35. The maximum atomic E-state index is 12.5. The minimum atomic E-state index is -1.15. The highest BCUT2D eigenvalue weighted by Crippen LogP contribution is 2.35. The molecule has 1 N–H and O–H groups in total. The molecule has 0 aliphatic carbocycles. The Bertz CT molecular complexity index is 655. The topological polar surface area (TPSA) is 83.4 Å². The number of thiophene rings is 1. The minimum absolute atomic E-state index is 0.0819. The van der Waals surface area contributed by atoms with E-state index in [1.54, 1.807) is 16.2 Å². The van der Waals surface area contributed by atoms with Gasteiger partial charge in [0.05, 0.1) is 18.4 Å². The standard InChI is InChI=1S/C14H13N3O3S/c18-13(9-7-16-10(8-15-9)14(19)20)17-5-1-3-11(17)12-4-2-6-21-12/h2,4,6-8,11H,1,3,5H2,(H,19,20).